The second-order valence-electron chi connectivity index (χ2n) is 6.30. The third-order valence-electron chi connectivity index (χ3n) is 4.44. The number of barbiturate groups is 1. The van der Waals surface area contributed by atoms with Crippen molar-refractivity contribution >= 4 is 41.0 Å². The molecule has 7 heteroatoms. The number of benzene rings is 2. The SMILES string of the molecule is O=C1CC(=O)N(CCc2ccc(Cl)cc2)C(=O)N1CCc1ccc(Cl)cc1. The molecule has 1 aliphatic heterocycles. The minimum atomic E-state index is -0.556. The van der Waals surface area contributed by atoms with Crippen molar-refractivity contribution in [1.82, 2.24) is 9.80 Å². The van der Waals surface area contributed by atoms with Crippen LogP contribution < -0.4 is 0 Å². The molecule has 0 radical (unpaired) electrons. The van der Waals surface area contributed by atoms with Crippen LogP contribution in [0.15, 0.2) is 48.5 Å². The van der Waals surface area contributed by atoms with E-state index in [0.29, 0.717) is 22.9 Å². The van der Waals surface area contributed by atoms with E-state index < -0.39 is 17.8 Å². The first-order valence-electron chi connectivity index (χ1n) is 8.57. The van der Waals surface area contributed by atoms with Crippen LogP contribution in [0.4, 0.5) is 4.79 Å². The fourth-order valence-corrected chi connectivity index (χ4v) is 3.16. The van der Waals surface area contributed by atoms with Crippen molar-refractivity contribution in [2.24, 2.45) is 0 Å². The maximum atomic E-state index is 12.7. The summed E-state index contributed by atoms with van der Waals surface area (Å²) in [6.07, 6.45) is 0.731. The predicted octanol–water partition coefficient (Wildman–Crippen LogP) is 3.96. The van der Waals surface area contributed by atoms with Gasteiger partial charge in [-0.15, -0.1) is 0 Å². The lowest BCUT2D eigenvalue weighted by Gasteiger charge is -2.32. The molecule has 0 atom stereocenters. The zero-order chi connectivity index (χ0) is 19.4. The van der Waals surface area contributed by atoms with E-state index in [9.17, 15) is 14.4 Å². The number of hydrogen-bond donors (Lipinski definition) is 0. The molecule has 1 heterocycles. The van der Waals surface area contributed by atoms with E-state index >= 15 is 0 Å². The Bertz CT molecular complexity index is 781. The van der Waals surface area contributed by atoms with Crippen molar-refractivity contribution in [2.75, 3.05) is 13.1 Å². The summed E-state index contributed by atoms with van der Waals surface area (Å²) in [5.74, 6) is -0.914. The molecule has 1 fully saturated rings. The first kappa shape index (κ1) is 19.4. The fourth-order valence-electron chi connectivity index (χ4n) is 2.90. The molecule has 4 amide bonds. The van der Waals surface area contributed by atoms with Gasteiger partial charge in [0.25, 0.3) is 0 Å². The van der Waals surface area contributed by atoms with Crippen molar-refractivity contribution in [3.05, 3.63) is 69.7 Å². The normalized spacial score (nSPS) is 14.8. The summed E-state index contributed by atoms with van der Waals surface area (Å²) in [5.41, 5.74) is 1.93. The van der Waals surface area contributed by atoms with Gasteiger partial charge >= 0.3 is 6.03 Å². The van der Waals surface area contributed by atoms with Crippen molar-refractivity contribution in [1.29, 1.82) is 0 Å². The molecule has 27 heavy (non-hydrogen) atoms. The summed E-state index contributed by atoms with van der Waals surface area (Å²) in [5, 5.41) is 1.26. The molecular weight excluding hydrogens is 387 g/mol. The molecule has 1 saturated heterocycles. The molecule has 0 saturated carbocycles. The standard InChI is InChI=1S/C20H18Cl2N2O3/c21-16-5-1-14(2-6-16)9-11-23-18(25)13-19(26)24(20(23)27)12-10-15-3-7-17(22)8-4-15/h1-8H,9-13H2. The lowest BCUT2D eigenvalue weighted by atomic mass is 10.1. The van der Waals surface area contributed by atoms with Gasteiger partial charge in [-0.2, -0.15) is 0 Å². The highest BCUT2D eigenvalue weighted by molar-refractivity contribution is 6.30. The molecule has 1 aliphatic rings. The van der Waals surface area contributed by atoms with Crippen LogP contribution in [0.1, 0.15) is 17.5 Å². The Hall–Kier alpha value is -2.37. The van der Waals surface area contributed by atoms with Crippen LogP contribution in [0.3, 0.4) is 0 Å². The first-order chi connectivity index (χ1) is 12.9. The minimum absolute atomic E-state index is 0.226. The Balaban J connectivity index is 1.63. The molecule has 3 rings (SSSR count). The average molecular weight is 405 g/mol. The third kappa shape index (κ3) is 4.87. The van der Waals surface area contributed by atoms with E-state index in [0.717, 1.165) is 20.9 Å². The lowest BCUT2D eigenvalue weighted by molar-refractivity contribution is -0.142. The van der Waals surface area contributed by atoms with Crippen LogP contribution in [0.2, 0.25) is 10.0 Å². The zero-order valence-electron chi connectivity index (χ0n) is 14.5. The molecule has 5 nitrogen and oxygen atoms in total. The summed E-state index contributed by atoms with van der Waals surface area (Å²) in [6.45, 7) is 0.452. The van der Waals surface area contributed by atoms with E-state index in [1.807, 2.05) is 24.3 Å². The van der Waals surface area contributed by atoms with Crippen LogP contribution in [-0.2, 0) is 22.4 Å². The van der Waals surface area contributed by atoms with E-state index in [1.54, 1.807) is 24.3 Å². The highest BCUT2D eigenvalue weighted by Crippen LogP contribution is 2.16. The van der Waals surface area contributed by atoms with Crippen molar-refractivity contribution in [3.8, 4) is 0 Å². The van der Waals surface area contributed by atoms with Gasteiger partial charge in [0, 0.05) is 23.1 Å². The van der Waals surface area contributed by atoms with Gasteiger partial charge in [0.1, 0.15) is 6.42 Å². The van der Waals surface area contributed by atoms with Gasteiger partial charge in [-0.05, 0) is 48.2 Å². The van der Waals surface area contributed by atoms with Crippen LogP contribution in [0, 0.1) is 0 Å². The van der Waals surface area contributed by atoms with E-state index in [4.69, 9.17) is 23.2 Å². The summed E-state index contributed by atoms with van der Waals surface area (Å²) in [6, 6.07) is 13.9. The minimum Gasteiger partial charge on any atom is -0.274 e. The number of halogens is 2. The number of nitrogens with zero attached hydrogens (tertiary/aromatic N) is 2. The molecule has 0 spiro atoms. The molecule has 140 valence electrons. The number of carbonyl (C=O) groups is 3. The number of amides is 4. The maximum absolute atomic E-state index is 12.7. The molecule has 0 aliphatic carbocycles. The molecule has 0 unspecified atom stereocenters. The summed E-state index contributed by atoms with van der Waals surface area (Å²) in [7, 11) is 0. The quantitative estimate of drug-likeness (QED) is 0.684. The second-order valence-corrected chi connectivity index (χ2v) is 7.18. The Morgan fingerprint density at radius 2 is 1.04 bits per heavy atom. The zero-order valence-corrected chi connectivity index (χ0v) is 16.0. The van der Waals surface area contributed by atoms with E-state index in [2.05, 4.69) is 0 Å². The Morgan fingerprint density at radius 1 is 0.667 bits per heavy atom. The lowest BCUT2D eigenvalue weighted by Crippen LogP contribution is -2.55. The van der Waals surface area contributed by atoms with Crippen molar-refractivity contribution in [3.63, 3.8) is 0 Å². The number of carbonyl (C=O) groups excluding carboxylic acids is 3. The first-order valence-corrected chi connectivity index (χ1v) is 9.33. The van der Waals surface area contributed by atoms with Crippen LogP contribution >= 0.6 is 23.2 Å². The summed E-state index contributed by atoms with van der Waals surface area (Å²) < 4.78 is 0. The van der Waals surface area contributed by atoms with E-state index in [1.165, 1.54) is 0 Å². The van der Waals surface area contributed by atoms with Gasteiger partial charge in [-0.25, -0.2) is 4.79 Å². The molecule has 2 aromatic rings. The molecule has 0 bridgehead atoms. The molecule has 0 aromatic heterocycles. The summed E-state index contributed by atoms with van der Waals surface area (Å²) in [4.78, 5) is 39.3. The topological polar surface area (TPSA) is 57.7 Å². The summed E-state index contributed by atoms with van der Waals surface area (Å²) >= 11 is 11.7. The molecule has 2 aromatic carbocycles. The van der Waals surface area contributed by atoms with Gasteiger partial charge in [0.2, 0.25) is 11.8 Å². The Labute approximate surface area is 167 Å². The van der Waals surface area contributed by atoms with Gasteiger partial charge in [0.15, 0.2) is 0 Å². The smallest absolute Gasteiger partial charge is 0.274 e. The van der Waals surface area contributed by atoms with Crippen molar-refractivity contribution in [2.45, 2.75) is 19.3 Å². The number of rotatable bonds is 6. The van der Waals surface area contributed by atoms with Crippen LogP contribution in [0.25, 0.3) is 0 Å². The fraction of sp³-hybridized carbons (Fsp3) is 0.250. The maximum Gasteiger partial charge on any atom is 0.333 e. The highest BCUT2D eigenvalue weighted by Gasteiger charge is 2.37. The Morgan fingerprint density at radius 3 is 1.41 bits per heavy atom. The predicted molar refractivity (Wildman–Crippen MR) is 104 cm³/mol. The number of hydrogen-bond acceptors (Lipinski definition) is 3. The monoisotopic (exact) mass is 404 g/mol. The van der Waals surface area contributed by atoms with Gasteiger partial charge in [0.05, 0.1) is 0 Å². The van der Waals surface area contributed by atoms with E-state index in [-0.39, 0.29) is 19.5 Å². The van der Waals surface area contributed by atoms with Crippen LogP contribution in [-0.4, -0.2) is 40.7 Å². The van der Waals surface area contributed by atoms with Gasteiger partial charge < -0.3 is 0 Å². The third-order valence-corrected chi connectivity index (χ3v) is 4.95. The molecular formula is C20H18Cl2N2O3. The largest absolute Gasteiger partial charge is 0.333 e. The number of imide groups is 2. The van der Waals surface area contributed by atoms with Gasteiger partial charge in [-0.1, -0.05) is 47.5 Å². The van der Waals surface area contributed by atoms with Gasteiger partial charge in [-0.3, -0.25) is 19.4 Å². The molecule has 0 N–H and O–H groups in total. The highest BCUT2D eigenvalue weighted by atomic mass is 35.5. The second kappa shape index (κ2) is 8.55. The number of urea groups is 1. The average Bonchev–Trinajstić information content (AvgIpc) is 2.64. The Kier molecular flexibility index (Phi) is 6.14. The van der Waals surface area contributed by atoms with Crippen molar-refractivity contribution < 1.29 is 14.4 Å². The van der Waals surface area contributed by atoms with Crippen LogP contribution in [0.5, 0.6) is 0 Å².